The molecule has 2 fully saturated rings. The van der Waals surface area contributed by atoms with Gasteiger partial charge in [0, 0.05) is 73.2 Å². The number of rotatable bonds is 12. The van der Waals surface area contributed by atoms with Crippen LogP contribution in [0.5, 0.6) is 0 Å². The summed E-state index contributed by atoms with van der Waals surface area (Å²) in [7, 11) is 9.62. The summed E-state index contributed by atoms with van der Waals surface area (Å²) < 4.78 is 56.0. The number of hydrogen-bond donors (Lipinski definition) is 4. The second-order valence-corrected chi connectivity index (χ2v) is 27.4. The van der Waals surface area contributed by atoms with Crippen LogP contribution < -0.4 is 21.3 Å². The molecule has 1 saturated carbocycles. The first kappa shape index (κ1) is 79.1. The number of alkyl halides is 3. The molecule has 0 bridgehead atoms. The zero-order chi connectivity index (χ0) is 71.0. The highest BCUT2D eigenvalue weighted by Gasteiger charge is 2.45. The van der Waals surface area contributed by atoms with Crippen molar-refractivity contribution in [3.05, 3.63) is 70.0 Å². The van der Waals surface area contributed by atoms with Gasteiger partial charge in [0.2, 0.25) is 65.0 Å². The first-order valence-electron chi connectivity index (χ1n) is 32.3. The van der Waals surface area contributed by atoms with Gasteiger partial charge >= 0.3 is 6.18 Å². The molecule has 0 radical (unpaired) electrons. The van der Waals surface area contributed by atoms with Crippen molar-refractivity contribution < 1.29 is 70.3 Å². The summed E-state index contributed by atoms with van der Waals surface area (Å²) in [5.41, 5.74) is -2.68. The molecular weight excluding hydrogens is 1250 g/mol. The van der Waals surface area contributed by atoms with E-state index in [1.54, 1.807) is 38.1 Å². The number of benzene rings is 2. The number of nitrogens with one attached hydrogen (secondary N) is 4. The fraction of sp³-hybridized carbons (Fsp3) is 0.657. The lowest BCUT2D eigenvalue weighted by Crippen LogP contribution is -2.64. The summed E-state index contributed by atoms with van der Waals surface area (Å²) in [5.74, 6) is -10.7. The van der Waals surface area contributed by atoms with E-state index in [0.717, 1.165) is 37.0 Å². The molecule has 2 aromatic carbocycles. The van der Waals surface area contributed by atoms with Crippen LogP contribution in [0.4, 0.5) is 17.6 Å². The fourth-order valence-electron chi connectivity index (χ4n) is 11.5. The van der Waals surface area contributed by atoms with Crippen molar-refractivity contribution >= 4 is 76.6 Å². The number of aryl methyl sites for hydroxylation is 1. The van der Waals surface area contributed by atoms with E-state index in [4.69, 9.17) is 11.6 Å². The van der Waals surface area contributed by atoms with Crippen molar-refractivity contribution in [3.8, 4) is 0 Å². The Bertz CT molecular complexity index is 3020. The minimum Gasteiger partial charge on any atom is -0.343 e. The number of carbonyl (C=O) groups is 11. The van der Waals surface area contributed by atoms with Crippen LogP contribution in [0.25, 0.3) is 0 Å². The molecule has 0 aromatic heterocycles. The van der Waals surface area contributed by atoms with Gasteiger partial charge in [0.25, 0.3) is 0 Å². The van der Waals surface area contributed by atoms with Crippen molar-refractivity contribution in [2.24, 2.45) is 23.7 Å². The molecule has 1 saturated heterocycles. The standard InChI is InChI=1S/C67H100ClF4N11O11/c1-17-41(6)57-63(92)79(12)37-55(86)77(10)38-56(87)82(15)52(35-44-23-27-46(68)28-24-44)62(91)78(11)36-53(84)73-49(30-26-43-25-29-47(48(69)34-43)67(70,71)72)59(88)76-58(45-21-19-18-20-22-45)64(93)83(16)66(8,9)65(94)74-50(31-39(2)3)61(90)80(13)42(7)33-54(85)81(14)51(32-40(4)5)60(89)75-57/h23-25,27-29,34,39-42,45,49-52,57-58H,17-22,26,30-33,35-38H2,1-16H3,(H,73,84)(H,74,94)(H,75,89)(H,76,88)/t41-,42+,49-,50-,51-,52-,57-,58-/m0/s1. The smallest absolute Gasteiger partial charge is 0.343 e. The molecular formula is C67H100ClF4N11O11. The molecule has 0 spiro atoms. The van der Waals surface area contributed by atoms with Gasteiger partial charge in [-0.1, -0.05) is 97.0 Å². The minimum absolute atomic E-state index is 0.0272. The maximum atomic E-state index is 15.1. The highest BCUT2D eigenvalue weighted by molar-refractivity contribution is 6.30. The zero-order valence-electron chi connectivity index (χ0n) is 57.5. The maximum Gasteiger partial charge on any atom is 0.419 e. The highest BCUT2D eigenvalue weighted by atomic mass is 35.5. The van der Waals surface area contributed by atoms with Crippen LogP contribution in [-0.4, -0.2) is 216 Å². The Morgan fingerprint density at radius 3 is 1.73 bits per heavy atom. The van der Waals surface area contributed by atoms with Gasteiger partial charge in [-0.25, -0.2) is 4.39 Å². The van der Waals surface area contributed by atoms with Gasteiger partial charge in [0.15, 0.2) is 0 Å². The lowest BCUT2D eigenvalue weighted by Gasteiger charge is -2.40. The summed E-state index contributed by atoms with van der Waals surface area (Å²) in [6.07, 6.45) is -2.23. The van der Waals surface area contributed by atoms with E-state index in [9.17, 15) is 65.5 Å². The Morgan fingerprint density at radius 2 is 1.17 bits per heavy atom. The molecule has 1 aliphatic carbocycles. The van der Waals surface area contributed by atoms with Crippen molar-refractivity contribution in [3.63, 3.8) is 0 Å². The third-order valence-corrected chi connectivity index (χ3v) is 18.6. The molecule has 94 heavy (non-hydrogen) atoms. The first-order valence-corrected chi connectivity index (χ1v) is 32.7. The van der Waals surface area contributed by atoms with Gasteiger partial charge in [-0.15, -0.1) is 0 Å². The molecule has 22 nitrogen and oxygen atoms in total. The Balaban J connectivity index is 1.86. The number of nitrogens with zero attached hydrogens (tertiary/aromatic N) is 7. The number of amides is 11. The summed E-state index contributed by atoms with van der Waals surface area (Å²) in [4.78, 5) is 168. The second-order valence-electron chi connectivity index (χ2n) is 27.0. The van der Waals surface area contributed by atoms with E-state index >= 15 is 4.79 Å². The molecule has 11 amide bonds. The van der Waals surface area contributed by atoms with Crippen LogP contribution in [0.3, 0.4) is 0 Å². The summed E-state index contributed by atoms with van der Waals surface area (Å²) in [6.45, 7) is 13.7. The van der Waals surface area contributed by atoms with Crippen LogP contribution in [0.2, 0.25) is 5.02 Å². The van der Waals surface area contributed by atoms with E-state index < -0.39 is 162 Å². The normalized spacial score (nSPS) is 24.4. The quantitative estimate of drug-likeness (QED) is 0.183. The average molecular weight is 1350 g/mol. The lowest BCUT2D eigenvalue weighted by molar-refractivity contribution is -0.149. The Labute approximate surface area is 556 Å². The molecule has 524 valence electrons. The van der Waals surface area contributed by atoms with Crippen LogP contribution in [0.1, 0.15) is 143 Å². The third-order valence-electron chi connectivity index (χ3n) is 18.3. The predicted molar refractivity (Wildman–Crippen MR) is 347 cm³/mol. The van der Waals surface area contributed by atoms with E-state index in [2.05, 4.69) is 21.3 Å². The summed E-state index contributed by atoms with van der Waals surface area (Å²) in [5, 5.41) is 11.5. The van der Waals surface area contributed by atoms with Gasteiger partial charge in [-0.2, -0.15) is 13.2 Å². The van der Waals surface area contributed by atoms with Gasteiger partial charge < -0.3 is 55.6 Å². The summed E-state index contributed by atoms with van der Waals surface area (Å²) >= 11 is 6.21. The lowest BCUT2D eigenvalue weighted by atomic mass is 9.82. The van der Waals surface area contributed by atoms with Crippen molar-refractivity contribution in [2.45, 2.75) is 193 Å². The van der Waals surface area contributed by atoms with Crippen molar-refractivity contribution in [2.75, 3.05) is 69.0 Å². The molecule has 2 aromatic rings. The average Bonchev–Trinajstić information content (AvgIpc) is 0.816. The number of likely N-dealkylation sites (N-methyl/N-ethyl adjacent to an activating group) is 7. The summed E-state index contributed by atoms with van der Waals surface area (Å²) in [6, 6.07) is 0.160. The molecule has 8 atom stereocenters. The Morgan fingerprint density at radius 1 is 0.606 bits per heavy atom. The monoisotopic (exact) mass is 1350 g/mol. The third kappa shape index (κ3) is 21.8. The van der Waals surface area contributed by atoms with Gasteiger partial charge in [-0.05, 0) is 118 Å². The second kappa shape index (κ2) is 34.9. The van der Waals surface area contributed by atoms with E-state index in [1.165, 1.54) is 73.0 Å². The molecule has 1 aliphatic heterocycles. The van der Waals surface area contributed by atoms with E-state index in [0.29, 0.717) is 54.8 Å². The molecule has 27 heteroatoms. The van der Waals surface area contributed by atoms with E-state index in [-0.39, 0.29) is 55.9 Å². The zero-order valence-corrected chi connectivity index (χ0v) is 58.3. The number of halogens is 5. The molecule has 2 aliphatic rings. The van der Waals surface area contributed by atoms with Gasteiger partial charge in [0.1, 0.15) is 47.6 Å². The highest BCUT2D eigenvalue weighted by Crippen LogP contribution is 2.33. The van der Waals surface area contributed by atoms with Crippen molar-refractivity contribution in [1.29, 1.82) is 0 Å². The van der Waals surface area contributed by atoms with E-state index in [1.807, 2.05) is 34.6 Å². The molecule has 0 unspecified atom stereocenters. The number of carbonyl (C=O) groups excluding carboxylic acids is 11. The van der Waals surface area contributed by atoms with Crippen LogP contribution in [0.15, 0.2) is 42.5 Å². The van der Waals surface area contributed by atoms with Crippen LogP contribution in [-0.2, 0) is 71.8 Å². The Kier molecular flexibility index (Phi) is 29.3. The topological polar surface area (TPSA) is 259 Å². The molecule has 1 heterocycles. The van der Waals surface area contributed by atoms with Crippen LogP contribution >= 0.6 is 11.6 Å². The SMILES string of the molecule is CC[C@H](C)[C@@H]1NC(=O)[C@H](CC(C)C)N(C)C(=O)C[C@@H](C)N(C)C(=O)[C@H](CC(C)C)NC(=O)C(C)(C)N(C)C(=O)[C@H](C2CCCCC2)NC(=O)[C@H](CCc2ccc(C(F)(F)F)c(F)c2)NC(=O)CN(C)C(=O)[C@H](Cc2ccc(Cl)cc2)N(C)C(=O)CN(C)C(=O)CN(C)C1=O. The first-order chi connectivity index (χ1) is 43.7. The molecule has 4 N–H and O–H groups in total. The van der Waals surface area contributed by atoms with Crippen molar-refractivity contribution in [1.82, 2.24) is 55.6 Å². The largest absolute Gasteiger partial charge is 0.419 e. The number of hydrogen-bond acceptors (Lipinski definition) is 11. The van der Waals surface area contributed by atoms with Gasteiger partial charge in [-0.3, -0.25) is 52.7 Å². The Hall–Kier alpha value is -7.38. The minimum atomic E-state index is -5.01. The predicted octanol–water partition coefficient (Wildman–Crippen LogP) is 5.85. The fourth-order valence-corrected chi connectivity index (χ4v) is 11.6. The molecule has 4 rings (SSSR count). The van der Waals surface area contributed by atoms with Crippen LogP contribution in [0, 0.1) is 29.5 Å². The van der Waals surface area contributed by atoms with Gasteiger partial charge in [0.05, 0.1) is 25.2 Å². The maximum absolute atomic E-state index is 15.1.